The van der Waals surface area contributed by atoms with Crippen molar-refractivity contribution >= 4 is 5.57 Å². The molecule has 0 aromatic carbocycles. The van der Waals surface area contributed by atoms with Crippen molar-refractivity contribution in [1.29, 1.82) is 0 Å². The molecule has 5 rings (SSSR count). The molecule has 3 aliphatic carbocycles. The molecule has 0 unspecified atom stereocenters. The van der Waals surface area contributed by atoms with E-state index < -0.39 is 0 Å². The first kappa shape index (κ1) is 9.90. The van der Waals surface area contributed by atoms with Gasteiger partial charge in [0, 0.05) is 23.4 Å². The zero-order valence-electron chi connectivity index (χ0n) is 10.7. The second kappa shape index (κ2) is 3.13. The molecule has 92 valence electrons. The van der Waals surface area contributed by atoms with Crippen LogP contribution in [0.1, 0.15) is 36.9 Å². The zero-order valence-corrected chi connectivity index (χ0v) is 10.7. The van der Waals surface area contributed by atoms with Crippen LogP contribution in [0.4, 0.5) is 0 Å². The highest BCUT2D eigenvalue weighted by Crippen LogP contribution is 2.63. The number of allylic oxidation sites excluding steroid dienone is 2. The Labute approximate surface area is 112 Å². The minimum Gasteiger partial charge on any atom is -0.256 e. The van der Waals surface area contributed by atoms with E-state index >= 15 is 0 Å². The van der Waals surface area contributed by atoms with E-state index in [0.29, 0.717) is 0 Å². The molecule has 0 aliphatic heterocycles. The van der Waals surface area contributed by atoms with Crippen LogP contribution in [0.2, 0.25) is 0 Å². The fourth-order valence-electron chi connectivity index (χ4n) is 4.42. The molecule has 0 saturated carbocycles. The van der Waals surface area contributed by atoms with Crippen LogP contribution in [0.25, 0.3) is 16.8 Å². The molecular weight excluding hydrogens is 232 g/mol. The maximum absolute atomic E-state index is 4.70. The van der Waals surface area contributed by atoms with Gasteiger partial charge in [-0.25, -0.2) is 0 Å². The summed E-state index contributed by atoms with van der Waals surface area (Å²) >= 11 is 0. The largest absolute Gasteiger partial charge is 0.256 e. The third-order valence-corrected chi connectivity index (χ3v) is 5.16. The van der Waals surface area contributed by atoms with Crippen molar-refractivity contribution in [3.05, 3.63) is 53.5 Å². The molecule has 2 nitrogen and oxygen atoms in total. The zero-order chi connectivity index (χ0) is 12.4. The molecule has 19 heavy (non-hydrogen) atoms. The number of fused-ring (bicyclic) bond motifs is 3. The second-order valence-corrected chi connectivity index (χ2v) is 5.86. The van der Waals surface area contributed by atoms with Gasteiger partial charge < -0.3 is 0 Å². The van der Waals surface area contributed by atoms with Gasteiger partial charge >= 0.3 is 0 Å². The highest BCUT2D eigenvalue weighted by molar-refractivity contribution is 5.93. The van der Waals surface area contributed by atoms with Gasteiger partial charge in [0.15, 0.2) is 0 Å². The summed E-state index contributed by atoms with van der Waals surface area (Å²) in [6.07, 6.45) is 8.84. The summed E-state index contributed by atoms with van der Waals surface area (Å²) in [5.74, 6) is 0. The van der Waals surface area contributed by atoms with E-state index in [1.54, 1.807) is 11.1 Å². The maximum Gasteiger partial charge on any atom is 0.0764 e. The highest BCUT2D eigenvalue weighted by atomic mass is 14.8. The van der Waals surface area contributed by atoms with Gasteiger partial charge in [0.1, 0.15) is 0 Å². The summed E-state index contributed by atoms with van der Waals surface area (Å²) in [6.45, 7) is 0. The normalized spacial score (nSPS) is 21.1. The Morgan fingerprint density at radius 3 is 2.47 bits per heavy atom. The molecule has 2 bridgehead atoms. The van der Waals surface area contributed by atoms with Gasteiger partial charge in [0.25, 0.3) is 0 Å². The molecule has 0 spiro atoms. The second-order valence-electron chi connectivity index (χ2n) is 5.86. The molecule has 2 aromatic heterocycles. The van der Waals surface area contributed by atoms with Crippen LogP contribution >= 0.6 is 0 Å². The quantitative estimate of drug-likeness (QED) is 0.707. The van der Waals surface area contributed by atoms with E-state index in [1.807, 2.05) is 18.5 Å². The number of hydrogen-bond donors (Lipinski definition) is 0. The molecule has 2 heterocycles. The van der Waals surface area contributed by atoms with Crippen LogP contribution < -0.4 is 0 Å². The average molecular weight is 246 g/mol. The smallest absolute Gasteiger partial charge is 0.0764 e. The van der Waals surface area contributed by atoms with Gasteiger partial charge in [-0.1, -0.05) is 11.6 Å². The monoisotopic (exact) mass is 246 g/mol. The highest BCUT2D eigenvalue weighted by Gasteiger charge is 2.51. The molecule has 0 saturated heterocycles. The summed E-state index contributed by atoms with van der Waals surface area (Å²) < 4.78 is 0. The number of hydrogen-bond acceptors (Lipinski definition) is 2. The van der Waals surface area contributed by atoms with Crippen LogP contribution in [0, 0.1) is 0 Å². The lowest BCUT2D eigenvalue weighted by molar-refractivity contribution is 0.470. The van der Waals surface area contributed by atoms with Crippen LogP contribution in [0.5, 0.6) is 0 Å². The summed E-state index contributed by atoms with van der Waals surface area (Å²) in [5, 5.41) is 0. The van der Waals surface area contributed by atoms with Crippen LogP contribution in [0.3, 0.4) is 0 Å². The van der Waals surface area contributed by atoms with Gasteiger partial charge in [-0.05, 0) is 55.0 Å². The van der Waals surface area contributed by atoms with Gasteiger partial charge in [-0.3, -0.25) is 9.97 Å². The van der Waals surface area contributed by atoms with Crippen molar-refractivity contribution in [2.24, 2.45) is 0 Å². The Morgan fingerprint density at radius 2 is 1.63 bits per heavy atom. The first-order valence-corrected chi connectivity index (χ1v) is 7.04. The summed E-state index contributed by atoms with van der Waals surface area (Å²) in [7, 11) is 0. The van der Waals surface area contributed by atoms with Crippen LogP contribution in [-0.4, -0.2) is 9.97 Å². The van der Waals surface area contributed by atoms with Gasteiger partial charge in [0.2, 0.25) is 0 Å². The minimum absolute atomic E-state index is 0.236. The number of aromatic nitrogens is 2. The summed E-state index contributed by atoms with van der Waals surface area (Å²) in [6, 6.07) is 8.57. The average Bonchev–Trinajstić information content (AvgIpc) is 3.05. The van der Waals surface area contributed by atoms with Crippen molar-refractivity contribution in [2.45, 2.75) is 31.1 Å². The maximum atomic E-state index is 4.70. The van der Waals surface area contributed by atoms with Crippen molar-refractivity contribution in [1.82, 2.24) is 9.97 Å². The fourth-order valence-corrected chi connectivity index (χ4v) is 4.42. The van der Waals surface area contributed by atoms with E-state index in [-0.39, 0.29) is 5.41 Å². The van der Waals surface area contributed by atoms with E-state index in [9.17, 15) is 0 Å². The minimum atomic E-state index is 0.236. The Bertz CT molecular complexity index is 732. The van der Waals surface area contributed by atoms with Crippen molar-refractivity contribution < 1.29 is 0 Å². The van der Waals surface area contributed by atoms with Crippen molar-refractivity contribution in [3.63, 3.8) is 0 Å². The van der Waals surface area contributed by atoms with Crippen molar-refractivity contribution in [3.8, 4) is 11.3 Å². The molecule has 0 amide bonds. The Morgan fingerprint density at radius 1 is 0.895 bits per heavy atom. The molecule has 2 heteroatoms. The van der Waals surface area contributed by atoms with Gasteiger partial charge in [-0.15, -0.1) is 0 Å². The molecule has 0 atom stereocenters. The van der Waals surface area contributed by atoms with Gasteiger partial charge in [0.05, 0.1) is 11.4 Å². The predicted octanol–water partition coefficient (Wildman–Crippen LogP) is 3.74. The van der Waals surface area contributed by atoms with Crippen LogP contribution in [-0.2, 0) is 5.41 Å². The van der Waals surface area contributed by atoms with E-state index in [4.69, 9.17) is 4.98 Å². The summed E-state index contributed by atoms with van der Waals surface area (Å²) in [5.41, 5.74) is 8.47. The number of pyridine rings is 2. The first-order chi connectivity index (χ1) is 9.40. The predicted molar refractivity (Wildman–Crippen MR) is 74.5 cm³/mol. The molecule has 0 fully saturated rings. The number of nitrogens with zero attached hydrogens (tertiary/aromatic N) is 2. The molecule has 3 aliphatic rings. The Balaban J connectivity index is 1.97. The number of rotatable bonds is 0. The third kappa shape index (κ3) is 1.01. The standard InChI is InChI=1S/C17H14N2/c1-3-12-15-13(4-2-10-18-15)17-7-5-11(6-8-17)14(17)16(12)19-9-1/h1-4,9-10H,5-8H2. The lowest BCUT2D eigenvalue weighted by Crippen LogP contribution is -2.28. The Kier molecular flexibility index (Phi) is 1.63. The summed E-state index contributed by atoms with van der Waals surface area (Å²) in [4.78, 5) is 9.37. The Hall–Kier alpha value is -1.96. The molecule has 0 radical (unpaired) electrons. The van der Waals surface area contributed by atoms with Crippen molar-refractivity contribution in [2.75, 3.05) is 0 Å². The molecule has 0 N–H and O–H groups in total. The van der Waals surface area contributed by atoms with E-state index in [1.165, 1.54) is 42.5 Å². The SMILES string of the molecule is c1cnc2c(c1)-c1ncccc1C13CCC(=C21)CC3. The fraction of sp³-hybridized carbons (Fsp3) is 0.294. The van der Waals surface area contributed by atoms with E-state index in [2.05, 4.69) is 23.2 Å². The molecular formula is C17H14N2. The lowest BCUT2D eigenvalue weighted by atomic mass is 9.67. The van der Waals surface area contributed by atoms with E-state index in [0.717, 1.165) is 5.69 Å². The van der Waals surface area contributed by atoms with Gasteiger partial charge in [-0.2, -0.15) is 0 Å². The molecule has 2 aromatic rings. The topological polar surface area (TPSA) is 25.8 Å². The first-order valence-electron chi connectivity index (χ1n) is 7.04. The van der Waals surface area contributed by atoms with Crippen LogP contribution in [0.15, 0.2) is 42.2 Å². The third-order valence-electron chi connectivity index (χ3n) is 5.16. The lowest BCUT2D eigenvalue weighted by Gasteiger charge is -2.36.